The van der Waals surface area contributed by atoms with Crippen LogP contribution in [-0.4, -0.2) is 53.5 Å². The second-order valence-corrected chi connectivity index (χ2v) is 12.5. The van der Waals surface area contributed by atoms with E-state index in [1.807, 2.05) is 19.9 Å². The van der Waals surface area contributed by atoms with E-state index in [1.165, 1.54) is 36.2 Å². The van der Waals surface area contributed by atoms with Gasteiger partial charge in [0.15, 0.2) is 0 Å². The number of aryl methyl sites for hydroxylation is 1. The van der Waals surface area contributed by atoms with Gasteiger partial charge >= 0.3 is 5.97 Å². The molecule has 12 heteroatoms. The molecular weight excluding hydrogens is 685 g/mol. The van der Waals surface area contributed by atoms with Crippen molar-refractivity contribution in [3.8, 4) is 11.5 Å². The monoisotopic (exact) mass is 730 g/mol. The molecule has 50 heavy (non-hydrogen) atoms. The summed E-state index contributed by atoms with van der Waals surface area (Å²) in [5.74, 6) is -2.08. The number of esters is 1. The molecule has 0 radical (unpaired) electrons. The van der Waals surface area contributed by atoms with Crippen LogP contribution in [-0.2, 0) is 23.1 Å². The van der Waals surface area contributed by atoms with Crippen molar-refractivity contribution in [1.82, 2.24) is 15.2 Å². The molecule has 0 spiro atoms. The Bertz CT molecular complexity index is 1690. The summed E-state index contributed by atoms with van der Waals surface area (Å²) < 4.78 is 39.7. The van der Waals surface area contributed by atoms with Gasteiger partial charge < -0.3 is 25.1 Å². The van der Waals surface area contributed by atoms with Gasteiger partial charge in [-0.2, -0.15) is 0 Å². The minimum absolute atomic E-state index is 0. The quantitative estimate of drug-likeness (QED) is 0.114. The first-order valence-corrected chi connectivity index (χ1v) is 16.7. The number of carbonyl (C=O) groups excluding carboxylic acids is 2. The summed E-state index contributed by atoms with van der Waals surface area (Å²) in [6.07, 6.45) is 6.38. The number of hydrogen-bond acceptors (Lipinski definition) is 7. The Kier molecular flexibility index (Phi) is 15.0. The lowest BCUT2D eigenvalue weighted by atomic mass is 9.98. The number of amides is 1. The molecule has 2 unspecified atom stereocenters. The minimum atomic E-state index is -0.878. The Labute approximate surface area is 305 Å². The number of hydrogen-bond donors (Lipinski definition) is 2. The maximum Gasteiger partial charge on any atom is 0.338 e. The van der Waals surface area contributed by atoms with E-state index >= 15 is 0 Å². The van der Waals surface area contributed by atoms with Crippen LogP contribution in [0, 0.1) is 11.6 Å². The van der Waals surface area contributed by atoms with Crippen LogP contribution in [0.15, 0.2) is 77.5 Å². The number of halogens is 4. The number of nitrogens with one attached hydrogen (secondary N) is 1. The third kappa shape index (κ3) is 10.1. The fourth-order valence-electron chi connectivity index (χ4n) is 6.09. The average Bonchev–Trinajstić information content (AvgIpc) is 3.67. The fraction of sp³-hybridized carbons (Fsp3) is 0.395. The Hall–Kier alpha value is -3.83. The van der Waals surface area contributed by atoms with Gasteiger partial charge in [-0.25, -0.2) is 18.6 Å². The van der Waals surface area contributed by atoms with Crippen molar-refractivity contribution in [3.63, 3.8) is 0 Å². The zero-order valence-electron chi connectivity index (χ0n) is 28.6. The molecule has 4 aromatic rings. The van der Waals surface area contributed by atoms with Gasteiger partial charge in [0.2, 0.25) is 5.89 Å². The number of carbonyl (C=O) groups is 2. The second kappa shape index (κ2) is 18.4. The number of rotatable bonds is 16. The lowest BCUT2D eigenvalue weighted by molar-refractivity contribution is 0.0228. The van der Waals surface area contributed by atoms with Crippen LogP contribution >= 0.6 is 24.8 Å². The minimum Gasteiger partial charge on any atom is -0.456 e. The Morgan fingerprint density at radius 3 is 2.24 bits per heavy atom. The van der Waals surface area contributed by atoms with Gasteiger partial charge in [-0.05, 0) is 85.5 Å². The fourth-order valence-corrected chi connectivity index (χ4v) is 6.09. The van der Waals surface area contributed by atoms with Gasteiger partial charge in [-0.1, -0.05) is 45.0 Å². The lowest BCUT2D eigenvalue weighted by Crippen LogP contribution is -2.48. The Balaban J connectivity index is 0.00000338. The molecule has 0 aliphatic heterocycles. The van der Waals surface area contributed by atoms with Crippen LogP contribution in [0.3, 0.4) is 0 Å². The van der Waals surface area contributed by atoms with Gasteiger partial charge in [0.05, 0.1) is 11.8 Å². The predicted molar refractivity (Wildman–Crippen MR) is 195 cm³/mol. The molecular formula is C38H46Cl2F2N4O4. The van der Waals surface area contributed by atoms with Crippen LogP contribution < -0.4 is 11.1 Å². The third-order valence-corrected chi connectivity index (χ3v) is 8.78. The van der Waals surface area contributed by atoms with Crippen LogP contribution in [0.5, 0.6) is 0 Å². The van der Waals surface area contributed by atoms with Gasteiger partial charge in [0.25, 0.3) is 5.91 Å². The first-order valence-electron chi connectivity index (χ1n) is 16.7. The van der Waals surface area contributed by atoms with Crippen molar-refractivity contribution in [3.05, 3.63) is 113 Å². The Morgan fingerprint density at radius 2 is 1.64 bits per heavy atom. The van der Waals surface area contributed by atoms with Gasteiger partial charge in [0, 0.05) is 48.4 Å². The molecule has 1 fully saturated rings. The molecule has 5 rings (SSSR count). The maximum absolute atomic E-state index is 14.1. The normalized spacial score (nSPS) is 14.1. The van der Waals surface area contributed by atoms with Crippen molar-refractivity contribution in [2.75, 3.05) is 19.6 Å². The lowest BCUT2D eigenvalue weighted by Gasteiger charge is -2.28. The average molecular weight is 732 g/mol. The molecule has 0 saturated heterocycles. The van der Waals surface area contributed by atoms with E-state index in [-0.39, 0.29) is 60.7 Å². The molecule has 3 aromatic carbocycles. The molecule has 1 heterocycles. The molecule has 2 atom stereocenters. The van der Waals surface area contributed by atoms with Gasteiger partial charge in [-0.3, -0.25) is 4.79 Å². The van der Waals surface area contributed by atoms with Crippen molar-refractivity contribution < 1.29 is 27.5 Å². The molecule has 1 aromatic heterocycles. The zero-order valence-corrected chi connectivity index (χ0v) is 30.3. The van der Waals surface area contributed by atoms with Crippen molar-refractivity contribution >= 4 is 36.7 Å². The Morgan fingerprint density at radius 1 is 0.960 bits per heavy atom. The summed E-state index contributed by atoms with van der Waals surface area (Å²) in [4.78, 5) is 33.6. The van der Waals surface area contributed by atoms with E-state index in [4.69, 9.17) is 14.9 Å². The van der Waals surface area contributed by atoms with E-state index in [0.29, 0.717) is 29.8 Å². The summed E-state index contributed by atoms with van der Waals surface area (Å²) >= 11 is 0. The highest BCUT2D eigenvalue weighted by Gasteiger charge is 2.44. The number of oxazole rings is 1. The van der Waals surface area contributed by atoms with Gasteiger partial charge in [-0.15, -0.1) is 24.8 Å². The molecule has 1 amide bonds. The molecule has 3 N–H and O–H groups in total. The van der Waals surface area contributed by atoms with E-state index in [1.54, 1.807) is 17.0 Å². The molecule has 0 bridgehead atoms. The molecule has 1 aliphatic rings. The summed E-state index contributed by atoms with van der Waals surface area (Å²) in [6.45, 7) is 7.46. The van der Waals surface area contributed by atoms with E-state index in [2.05, 4.69) is 35.4 Å². The smallest absolute Gasteiger partial charge is 0.338 e. The number of nitrogens with two attached hydrogens (primary N) is 1. The van der Waals surface area contributed by atoms with E-state index in [0.717, 1.165) is 43.7 Å². The SMILES string of the molecule is CCCN(CCC)C(=O)c1cc(C(=O)OC(CNC2(c3cccc(CC)c3)CC2)C(N)Cc2cc(F)cc(F)c2)cc(-c2ncco2)c1.Cl.Cl. The second-order valence-electron chi connectivity index (χ2n) is 12.5. The van der Waals surface area contributed by atoms with Crippen molar-refractivity contribution in [1.29, 1.82) is 0 Å². The summed E-state index contributed by atoms with van der Waals surface area (Å²) in [6, 6.07) is 15.6. The predicted octanol–water partition coefficient (Wildman–Crippen LogP) is 7.66. The first-order chi connectivity index (χ1) is 23.1. The van der Waals surface area contributed by atoms with E-state index in [9.17, 15) is 18.4 Å². The van der Waals surface area contributed by atoms with Gasteiger partial charge in [0.1, 0.15) is 24.0 Å². The molecule has 1 aliphatic carbocycles. The standard InChI is InChI=1S/C38H44F2N4O4.2ClH/c1-4-13-44(14-5-2)36(45)28-20-27(35-42-12-15-47-35)21-29(22-28)37(46)48-34(33(41)19-26-17-31(39)23-32(40)18-26)24-43-38(10-11-38)30-9-7-8-25(6-3)16-30;;/h7-9,12,15-18,20-23,33-34,43H,4-6,10-11,13-14,19,24,41H2,1-3H3;2*1H. The van der Waals surface area contributed by atoms with Crippen LogP contribution in [0.2, 0.25) is 0 Å². The number of nitrogens with zero attached hydrogens (tertiary/aromatic N) is 2. The molecule has 8 nitrogen and oxygen atoms in total. The summed E-state index contributed by atoms with van der Waals surface area (Å²) in [5.41, 5.74) is 9.99. The van der Waals surface area contributed by atoms with Crippen molar-refractivity contribution in [2.45, 2.75) is 77.0 Å². The van der Waals surface area contributed by atoms with E-state index < -0.39 is 29.7 Å². The highest BCUT2D eigenvalue weighted by Crippen LogP contribution is 2.45. The van der Waals surface area contributed by atoms with Crippen LogP contribution in [0.1, 0.15) is 83.9 Å². The molecule has 270 valence electrons. The number of benzene rings is 3. The summed E-state index contributed by atoms with van der Waals surface area (Å²) in [7, 11) is 0. The number of ether oxygens (including phenoxy) is 1. The highest BCUT2D eigenvalue weighted by molar-refractivity contribution is 5.99. The van der Waals surface area contributed by atoms with Crippen molar-refractivity contribution in [2.24, 2.45) is 5.73 Å². The van der Waals surface area contributed by atoms with Crippen LogP contribution in [0.25, 0.3) is 11.5 Å². The highest BCUT2D eigenvalue weighted by atomic mass is 35.5. The largest absolute Gasteiger partial charge is 0.456 e. The first kappa shape index (κ1) is 40.6. The van der Waals surface area contributed by atoms with Crippen LogP contribution in [0.4, 0.5) is 8.78 Å². The maximum atomic E-state index is 14.1. The topological polar surface area (TPSA) is 111 Å². The summed E-state index contributed by atoms with van der Waals surface area (Å²) in [5, 5.41) is 3.60. The zero-order chi connectivity index (χ0) is 34.3. The molecule has 1 saturated carbocycles. The third-order valence-electron chi connectivity index (χ3n) is 8.78. The number of aromatic nitrogens is 1.